The maximum absolute atomic E-state index is 5.81. The number of likely N-dealkylation sites (N-methyl/N-ethyl adjacent to an activating group) is 1. The molecule has 4 bridgehead atoms. The van der Waals surface area contributed by atoms with Gasteiger partial charge in [0.15, 0.2) is 0 Å². The van der Waals surface area contributed by atoms with Crippen molar-refractivity contribution in [2.24, 2.45) is 22.7 Å². The zero-order valence-corrected chi connectivity index (χ0v) is 13.0. The van der Waals surface area contributed by atoms with Crippen LogP contribution in [-0.4, -0.2) is 25.8 Å². The Bertz CT molecular complexity index is 313. The van der Waals surface area contributed by atoms with Gasteiger partial charge in [0.1, 0.15) is 0 Å². The van der Waals surface area contributed by atoms with Crippen molar-refractivity contribution in [1.29, 1.82) is 0 Å². The summed E-state index contributed by atoms with van der Waals surface area (Å²) in [5.41, 5.74) is 1.19. The lowest BCUT2D eigenvalue weighted by Crippen LogP contribution is -2.60. The van der Waals surface area contributed by atoms with Gasteiger partial charge >= 0.3 is 0 Å². The molecule has 0 amide bonds. The highest BCUT2D eigenvalue weighted by atomic mass is 16.5. The van der Waals surface area contributed by atoms with Gasteiger partial charge in [0.25, 0.3) is 0 Å². The van der Waals surface area contributed by atoms with E-state index in [4.69, 9.17) is 4.74 Å². The zero-order chi connectivity index (χ0) is 13.5. The minimum Gasteiger partial charge on any atom is -0.380 e. The first-order chi connectivity index (χ1) is 9.09. The Kier molecular flexibility index (Phi) is 3.68. The minimum absolute atomic E-state index is 0.546. The SMILES string of the molecule is CCNC(COCC)C12CC3CC(CC(C)(C3)C1)C2. The fourth-order valence-corrected chi connectivity index (χ4v) is 6.14. The Morgan fingerprint density at radius 2 is 1.84 bits per heavy atom. The molecule has 0 heterocycles. The molecule has 4 rings (SSSR count). The van der Waals surface area contributed by atoms with E-state index in [0.29, 0.717) is 16.9 Å². The van der Waals surface area contributed by atoms with Crippen LogP contribution in [0.3, 0.4) is 0 Å². The molecule has 0 aromatic carbocycles. The summed E-state index contributed by atoms with van der Waals surface area (Å²) in [4.78, 5) is 0. The second kappa shape index (κ2) is 5.04. The summed E-state index contributed by atoms with van der Waals surface area (Å²) in [5.74, 6) is 2.02. The molecule has 4 saturated carbocycles. The first-order valence-electron chi connectivity index (χ1n) is 8.40. The number of hydrogen-bond acceptors (Lipinski definition) is 2. The summed E-state index contributed by atoms with van der Waals surface area (Å²) in [6.07, 6.45) is 8.88. The summed E-state index contributed by atoms with van der Waals surface area (Å²) < 4.78 is 5.81. The standard InChI is InChI=1S/C17H31NO/c1-4-18-15(11-19-5-2)17-9-13-6-14(10-17)8-16(3,7-13)12-17/h13-15,18H,4-12H2,1-3H3. The molecule has 3 atom stereocenters. The van der Waals surface area contributed by atoms with E-state index >= 15 is 0 Å². The van der Waals surface area contributed by atoms with Crippen LogP contribution in [0.15, 0.2) is 0 Å². The van der Waals surface area contributed by atoms with Crippen LogP contribution in [0.4, 0.5) is 0 Å². The fraction of sp³-hybridized carbons (Fsp3) is 1.00. The summed E-state index contributed by atoms with van der Waals surface area (Å²) in [6, 6.07) is 0.586. The molecule has 110 valence electrons. The lowest BCUT2D eigenvalue weighted by Gasteiger charge is -2.63. The second-order valence-corrected chi connectivity index (χ2v) is 7.90. The topological polar surface area (TPSA) is 21.3 Å². The van der Waals surface area contributed by atoms with Crippen LogP contribution in [-0.2, 0) is 4.74 Å². The number of rotatable bonds is 6. The molecular formula is C17H31NO. The van der Waals surface area contributed by atoms with E-state index in [1.807, 2.05) is 0 Å². The number of nitrogens with one attached hydrogen (secondary N) is 1. The zero-order valence-electron chi connectivity index (χ0n) is 13.0. The van der Waals surface area contributed by atoms with Crippen molar-refractivity contribution in [2.75, 3.05) is 19.8 Å². The van der Waals surface area contributed by atoms with E-state index < -0.39 is 0 Å². The van der Waals surface area contributed by atoms with Gasteiger partial charge in [-0.2, -0.15) is 0 Å². The van der Waals surface area contributed by atoms with Crippen LogP contribution in [0.25, 0.3) is 0 Å². The Morgan fingerprint density at radius 3 is 2.37 bits per heavy atom. The molecule has 1 N–H and O–H groups in total. The highest BCUT2D eigenvalue weighted by Crippen LogP contribution is 2.66. The highest BCUT2D eigenvalue weighted by Gasteiger charge is 2.58. The Morgan fingerprint density at radius 1 is 1.16 bits per heavy atom. The molecule has 2 heteroatoms. The lowest BCUT2D eigenvalue weighted by atomic mass is 9.43. The average Bonchev–Trinajstić information content (AvgIpc) is 2.31. The monoisotopic (exact) mass is 265 g/mol. The third kappa shape index (κ3) is 2.47. The van der Waals surface area contributed by atoms with E-state index in [-0.39, 0.29) is 0 Å². The summed E-state index contributed by atoms with van der Waals surface area (Å²) in [7, 11) is 0. The number of hydrogen-bond donors (Lipinski definition) is 1. The predicted octanol–water partition coefficient (Wildman–Crippen LogP) is 3.61. The predicted molar refractivity (Wildman–Crippen MR) is 79.2 cm³/mol. The first kappa shape index (κ1) is 13.9. The molecule has 0 aromatic heterocycles. The maximum Gasteiger partial charge on any atom is 0.0624 e. The van der Waals surface area contributed by atoms with Crippen LogP contribution >= 0.6 is 0 Å². The normalized spacial score (nSPS) is 45.6. The van der Waals surface area contributed by atoms with Crippen molar-refractivity contribution in [3.63, 3.8) is 0 Å². The molecule has 4 aliphatic rings. The lowest BCUT2D eigenvalue weighted by molar-refractivity contribution is -0.127. The van der Waals surface area contributed by atoms with Gasteiger partial charge in [0.05, 0.1) is 6.61 Å². The molecular weight excluding hydrogens is 234 g/mol. The summed E-state index contributed by atoms with van der Waals surface area (Å²) >= 11 is 0. The van der Waals surface area contributed by atoms with Gasteiger partial charge < -0.3 is 10.1 Å². The van der Waals surface area contributed by atoms with Crippen LogP contribution in [0.2, 0.25) is 0 Å². The van der Waals surface area contributed by atoms with Crippen LogP contribution in [0.5, 0.6) is 0 Å². The summed E-state index contributed by atoms with van der Waals surface area (Å²) in [6.45, 7) is 9.75. The van der Waals surface area contributed by atoms with Crippen molar-refractivity contribution in [1.82, 2.24) is 5.32 Å². The van der Waals surface area contributed by atoms with E-state index in [0.717, 1.165) is 31.6 Å². The quantitative estimate of drug-likeness (QED) is 0.792. The first-order valence-corrected chi connectivity index (χ1v) is 8.40. The Hall–Kier alpha value is -0.0800. The summed E-state index contributed by atoms with van der Waals surface area (Å²) in [5, 5.41) is 3.77. The molecule has 0 saturated heterocycles. The highest BCUT2D eigenvalue weighted by molar-refractivity contribution is 5.09. The molecule has 3 unspecified atom stereocenters. The van der Waals surface area contributed by atoms with E-state index in [1.54, 1.807) is 0 Å². The molecule has 19 heavy (non-hydrogen) atoms. The van der Waals surface area contributed by atoms with Crippen LogP contribution in [0.1, 0.15) is 59.3 Å². The van der Waals surface area contributed by atoms with Crippen molar-refractivity contribution in [3.8, 4) is 0 Å². The van der Waals surface area contributed by atoms with Crippen molar-refractivity contribution < 1.29 is 4.74 Å². The molecule has 0 aromatic rings. The van der Waals surface area contributed by atoms with E-state index in [9.17, 15) is 0 Å². The largest absolute Gasteiger partial charge is 0.380 e. The number of ether oxygens (including phenoxy) is 1. The third-order valence-corrected chi connectivity index (χ3v) is 6.08. The van der Waals surface area contributed by atoms with Crippen LogP contribution < -0.4 is 5.32 Å². The molecule has 0 radical (unpaired) electrons. The van der Waals surface area contributed by atoms with Crippen molar-refractivity contribution in [2.45, 2.75) is 65.3 Å². The van der Waals surface area contributed by atoms with Crippen LogP contribution in [0, 0.1) is 22.7 Å². The van der Waals surface area contributed by atoms with Gasteiger partial charge in [-0.05, 0) is 74.7 Å². The van der Waals surface area contributed by atoms with Crippen molar-refractivity contribution >= 4 is 0 Å². The second-order valence-electron chi connectivity index (χ2n) is 7.90. The molecule has 4 fully saturated rings. The molecule has 2 nitrogen and oxygen atoms in total. The van der Waals surface area contributed by atoms with Gasteiger partial charge in [0.2, 0.25) is 0 Å². The Labute approximate surface area is 118 Å². The van der Waals surface area contributed by atoms with Gasteiger partial charge in [-0.3, -0.25) is 0 Å². The van der Waals surface area contributed by atoms with Gasteiger partial charge in [0, 0.05) is 12.6 Å². The maximum atomic E-state index is 5.81. The van der Waals surface area contributed by atoms with Gasteiger partial charge in [-0.15, -0.1) is 0 Å². The van der Waals surface area contributed by atoms with Crippen molar-refractivity contribution in [3.05, 3.63) is 0 Å². The molecule has 0 aliphatic heterocycles. The minimum atomic E-state index is 0.546. The molecule has 4 aliphatic carbocycles. The van der Waals surface area contributed by atoms with Gasteiger partial charge in [-0.1, -0.05) is 13.8 Å². The Balaban J connectivity index is 1.80. The average molecular weight is 265 g/mol. The third-order valence-electron chi connectivity index (χ3n) is 6.08. The van der Waals surface area contributed by atoms with E-state index in [1.165, 1.54) is 38.5 Å². The smallest absolute Gasteiger partial charge is 0.0624 e. The van der Waals surface area contributed by atoms with Gasteiger partial charge in [-0.25, -0.2) is 0 Å². The molecule has 0 spiro atoms. The fourth-order valence-electron chi connectivity index (χ4n) is 6.14. The van der Waals surface area contributed by atoms with E-state index in [2.05, 4.69) is 26.1 Å².